The van der Waals surface area contributed by atoms with Crippen LogP contribution < -0.4 is 0 Å². The molecule has 0 bridgehead atoms. The van der Waals surface area contributed by atoms with Crippen LogP contribution in [0.25, 0.3) is 0 Å². The second-order valence-electron chi connectivity index (χ2n) is 5.24. The van der Waals surface area contributed by atoms with Crippen LogP contribution in [0.5, 0.6) is 0 Å². The minimum atomic E-state index is 0.0498. The SMILES string of the molecule is CCC(=O)N1N=C(c2ccc(C)cc2)C[C@@H]1c1cccs1. The number of hydrogen-bond donors (Lipinski definition) is 0. The fraction of sp³-hybridized carbons (Fsp3) is 0.294. The maximum atomic E-state index is 12.2. The molecule has 1 atom stereocenters. The smallest absolute Gasteiger partial charge is 0.243 e. The van der Waals surface area contributed by atoms with Crippen LogP contribution in [0.4, 0.5) is 0 Å². The van der Waals surface area contributed by atoms with Crippen LogP contribution >= 0.6 is 11.3 Å². The average Bonchev–Trinajstić information content (AvgIpc) is 3.16. The summed E-state index contributed by atoms with van der Waals surface area (Å²) < 4.78 is 0. The molecule has 0 radical (unpaired) electrons. The van der Waals surface area contributed by atoms with Crippen LogP contribution in [-0.4, -0.2) is 16.6 Å². The van der Waals surface area contributed by atoms with E-state index in [1.54, 1.807) is 16.3 Å². The van der Waals surface area contributed by atoms with Crippen molar-refractivity contribution in [2.24, 2.45) is 5.10 Å². The lowest BCUT2D eigenvalue weighted by molar-refractivity contribution is -0.132. The van der Waals surface area contributed by atoms with Crippen LogP contribution in [0, 0.1) is 6.92 Å². The molecular weight excluding hydrogens is 280 g/mol. The molecule has 4 heteroatoms. The predicted molar refractivity (Wildman–Crippen MR) is 86.5 cm³/mol. The maximum absolute atomic E-state index is 12.2. The first-order valence-electron chi connectivity index (χ1n) is 7.19. The van der Waals surface area contributed by atoms with E-state index in [1.807, 2.05) is 18.4 Å². The lowest BCUT2D eigenvalue weighted by Crippen LogP contribution is -2.25. The molecule has 1 aromatic carbocycles. The Bertz CT molecular complexity index is 659. The van der Waals surface area contributed by atoms with Crippen LogP contribution in [0.2, 0.25) is 0 Å². The van der Waals surface area contributed by atoms with E-state index < -0.39 is 0 Å². The van der Waals surface area contributed by atoms with Gasteiger partial charge in [-0.1, -0.05) is 42.8 Å². The fourth-order valence-electron chi connectivity index (χ4n) is 2.53. The third-order valence-corrected chi connectivity index (χ3v) is 4.70. The van der Waals surface area contributed by atoms with Crippen LogP contribution in [0.1, 0.15) is 41.8 Å². The van der Waals surface area contributed by atoms with Gasteiger partial charge in [0.2, 0.25) is 5.91 Å². The van der Waals surface area contributed by atoms with Gasteiger partial charge in [-0.15, -0.1) is 11.3 Å². The summed E-state index contributed by atoms with van der Waals surface area (Å²) in [6, 6.07) is 12.5. The summed E-state index contributed by atoms with van der Waals surface area (Å²) >= 11 is 1.68. The normalized spacial score (nSPS) is 17.9. The summed E-state index contributed by atoms with van der Waals surface area (Å²) in [5.41, 5.74) is 3.33. The Labute approximate surface area is 128 Å². The number of thiophene rings is 1. The Balaban J connectivity index is 1.93. The van der Waals surface area contributed by atoms with Crippen molar-refractivity contribution in [3.8, 4) is 0 Å². The number of hydrogen-bond acceptors (Lipinski definition) is 3. The first kappa shape index (κ1) is 14.0. The van der Waals surface area contributed by atoms with Gasteiger partial charge in [0.15, 0.2) is 0 Å². The minimum Gasteiger partial charge on any atom is -0.273 e. The van der Waals surface area contributed by atoms with Gasteiger partial charge in [0, 0.05) is 17.7 Å². The van der Waals surface area contributed by atoms with Crippen LogP contribution in [-0.2, 0) is 4.79 Å². The lowest BCUT2D eigenvalue weighted by Gasteiger charge is -2.19. The number of aryl methyl sites for hydroxylation is 1. The number of amides is 1. The largest absolute Gasteiger partial charge is 0.273 e. The quantitative estimate of drug-likeness (QED) is 0.838. The highest BCUT2D eigenvalue weighted by Crippen LogP contribution is 2.35. The van der Waals surface area contributed by atoms with Crippen molar-refractivity contribution in [1.82, 2.24) is 5.01 Å². The molecule has 1 aliphatic rings. The summed E-state index contributed by atoms with van der Waals surface area (Å²) in [4.78, 5) is 13.4. The second kappa shape index (κ2) is 5.82. The second-order valence-corrected chi connectivity index (χ2v) is 6.22. The molecule has 1 aromatic heterocycles. The number of benzene rings is 1. The zero-order valence-electron chi connectivity index (χ0n) is 12.2. The summed E-state index contributed by atoms with van der Waals surface area (Å²) in [5, 5.41) is 8.32. The van der Waals surface area contributed by atoms with Gasteiger partial charge in [-0.2, -0.15) is 5.10 Å². The Morgan fingerprint density at radius 1 is 1.33 bits per heavy atom. The molecule has 21 heavy (non-hydrogen) atoms. The first-order valence-corrected chi connectivity index (χ1v) is 8.07. The number of hydrazone groups is 1. The van der Waals surface area contributed by atoms with Crippen molar-refractivity contribution in [3.63, 3.8) is 0 Å². The molecular formula is C17H18N2OS. The molecule has 1 amide bonds. The van der Waals surface area contributed by atoms with E-state index >= 15 is 0 Å². The Kier molecular flexibility index (Phi) is 3.88. The van der Waals surface area contributed by atoms with Gasteiger partial charge < -0.3 is 0 Å². The third-order valence-electron chi connectivity index (χ3n) is 3.72. The molecule has 0 unspecified atom stereocenters. The molecule has 0 spiro atoms. The summed E-state index contributed by atoms with van der Waals surface area (Å²) in [6.07, 6.45) is 1.27. The van der Waals surface area contributed by atoms with Crippen molar-refractivity contribution in [3.05, 3.63) is 57.8 Å². The van der Waals surface area contributed by atoms with Gasteiger partial charge in [0.25, 0.3) is 0 Å². The molecule has 1 aliphatic heterocycles. The minimum absolute atomic E-state index is 0.0498. The molecule has 3 rings (SSSR count). The van der Waals surface area contributed by atoms with Crippen molar-refractivity contribution in [1.29, 1.82) is 0 Å². The Morgan fingerprint density at radius 3 is 2.71 bits per heavy atom. The molecule has 0 aliphatic carbocycles. The van der Waals surface area contributed by atoms with Gasteiger partial charge in [-0.3, -0.25) is 4.79 Å². The van der Waals surface area contributed by atoms with Crippen molar-refractivity contribution in [2.75, 3.05) is 0 Å². The summed E-state index contributed by atoms with van der Waals surface area (Å²) in [6.45, 7) is 3.95. The Hall–Kier alpha value is -1.94. The number of carbonyl (C=O) groups excluding carboxylic acids is 1. The summed E-state index contributed by atoms with van der Waals surface area (Å²) in [7, 11) is 0. The predicted octanol–water partition coefficient (Wildman–Crippen LogP) is 4.14. The van der Waals surface area contributed by atoms with Crippen LogP contribution in [0.3, 0.4) is 0 Å². The molecule has 3 nitrogen and oxygen atoms in total. The van der Waals surface area contributed by atoms with Gasteiger partial charge >= 0.3 is 0 Å². The highest BCUT2D eigenvalue weighted by Gasteiger charge is 2.32. The zero-order valence-corrected chi connectivity index (χ0v) is 13.1. The number of carbonyl (C=O) groups is 1. The first-order chi connectivity index (χ1) is 10.2. The zero-order chi connectivity index (χ0) is 14.8. The van der Waals surface area contributed by atoms with Gasteiger partial charge in [0.1, 0.15) is 0 Å². The molecule has 0 fully saturated rings. The van der Waals surface area contributed by atoms with Crippen molar-refractivity contribution in [2.45, 2.75) is 32.7 Å². The molecule has 0 saturated heterocycles. The van der Waals surface area contributed by atoms with E-state index in [9.17, 15) is 4.79 Å². The van der Waals surface area contributed by atoms with E-state index in [0.717, 1.165) is 17.7 Å². The Morgan fingerprint density at radius 2 is 2.10 bits per heavy atom. The third kappa shape index (κ3) is 2.76. The van der Waals surface area contributed by atoms with E-state index in [-0.39, 0.29) is 11.9 Å². The van der Waals surface area contributed by atoms with Crippen molar-refractivity contribution >= 4 is 23.0 Å². The maximum Gasteiger partial charge on any atom is 0.243 e. The lowest BCUT2D eigenvalue weighted by atomic mass is 10.0. The topological polar surface area (TPSA) is 32.7 Å². The van der Waals surface area contributed by atoms with Gasteiger partial charge in [-0.05, 0) is 23.9 Å². The average molecular weight is 298 g/mol. The van der Waals surface area contributed by atoms with E-state index in [0.29, 0.717) is 6.42 Å². The van der Waals surface area contributed by atoms with Gasteiger partial charge in [-0.25, -0.2) is 5.01 Å². The molecule has 2 aromatic rings. The van der Waals surface area contributed by atoms with E-state index in [1.165, 1.54) is 10.4 Å². The highest BCUT2D eigenvalue weighted by atomic mass is 32.1. The highest BCUT2D eigenvalue weighted by molar-refractivity contribution is 7.10. The van der Waals surface area contributed by atoms with E-state index in [2.05, 4.69) is 42.4 Å². The molecule has 0 N–H and O–H groups in total. The fourth-order valence-corrected chi connectivity index (χ4v) is 3.34. The molecule has 108 valence electrons. The van der Waals surface area contributed by atoms with Crippen LogP contribution in [0.15, 0.2) is 46.9 Å². The van der Waals surface area contributed by atoms with Gasteiger partial charge in [0.05, 0.1) is 11.8 Å². The van der Waals surface area contributed by atoms with Crippen molar-refractivity contribution < 1.29 is 4.79 Å². The molecule has 0 saturated carbocycles. The number of nitrogens with zero attached hydrogens (tertiary/aromatic N) is 2. The number of rotatable bonds is 3. The standard InChI is InChI=1S/C17H18N2OS/c1-3-17(20)19-15(16-5-4-10-21-16)11-14(18-19)13-8-6-12(2)7-9-13/h4-10,15H,3,11H2,1-2H3/t15-/m1/s1. The molecule has 2 heterocycles. The summed E-state index contributed by atoms with van der Waals surface area (Å²) in [5.74, 6) is 0.0792. The monoisotopic (exact) mass is 298 g/mol. The van der Waals surface area contributed by atoms with E-state index in [4.69, 9.17) is 0 Å².